The number of halogens is 1. The van der Waals surface area contributed by atoms with E-state index >= 15 is 0 Å². The number of furan rings is 1. The number of rotatable bonds is 6. The van der Waals surface area contributed by atoms with Gasteiger partial charge in [0.15, 0.2) is 0 Å². The maximum atomic E-state index is 12.3. The van der Waals surface area contributed by atoms with Gasteiger partial charge in [0.25, 0.3) is 0 Å². The molecule has 0 unspecified atom stereocenters. The lowest BCUT2D eigenvalue weighted by Gasteiger charge is -2.22. The summed E-state index contributed by atoms with van der Waals surface area (Å²) in [5, 5.41) is 0. The summed E-state index contributed by atoms with van der Waals surface area (Å²) < 4.78 is 15.4. The third kappa shape index (κ3) is 4.96. The molecule has 0 spiro atoms. The standard InChI is InChI=1S/C18H18BrNO5/c1-3-24-17(21)15(19)11-13-7-4-5-9-16(13)20(18(22)23-2)12-14-8-6-10-25-14/h4-11H,3,12H2,1-2H3/b15-11-. The number of ether oxygens (including phenoxy) is 2. The van der Waals surface area contributed by atoms with E-state index in [9.17, 15) is 9.59 Å². The van der Waals surface area contributed by atoms with Crippen LogP contribution in [0.1, 0.15) is 18.2 Å². The van der Waals surface area contributed by atoms with Crippen molar-refractivity contribution in [1.82, 2.24) is 0 Å². The molecule has 0 fully saturated rings. The Balaban J connectivity index is 2.39. The van der Waals surface area contributed by atoms with Gasteiger partial charge in [-0.05, 0) is 52.7 Å². The molecule has 1 aromatic carbocycles. The molecule has 25 heavy (non-hydrogen) atoms. The van der Waals surface area contributed by atoms with Crippen LogP contribution in [0.5, 0.6) is 0 Å². The topological polar surface area (TPSA) is 69.0 Å². The number of carbonyl (C=O) groups excluding carboxylic acids is 2. The van der Waals surface area contributed by atoms with Crippen LogP contribution in [0.25, 0.3) is 6.08 Å². The number of anilines is 1. The highest BCUT2D eigenvalue weighted by Gasteiger charge is 2.20. The Labute approximate surface area is 154 Å². The van der Waals surface area contributed by atoms with Crippen LogP contribution in [0, 0.1) is 0 Å². The van der Waals surface area contributed by atoms with Crippen molar-refractivity contribution in [3.8, 4) is 0 Å². The number of benzene rings is 1. The lowest BCUT2D eigenvalue weighted by molar-refractivity contribution is -0.137. The van der Waals surface area contributed by atoms with Gasteiger partial charge < -0.3 is 13.9 Å². The zero-order valence-corrected chi connectivity index (χ0v) is 15.5. The molecule has 7 heteroatoms. The van der Waals surface area contributed by atoms with Crippen molar-refractivity contribution in [2.45, 2.75) is 13.5 Å². The number of carbonyl (C=O) groups is 2. The fourth-order valence-corrected chi connectivity index (χ4v) is 2.53. The van der Waals surface area contributed by atoms with Gasteiger partial charge in [-0.25, -0.2) is 9.59 Å². The minimum Gasteiger partial charge on any atom is -0.467 e. The van der Waals surface area contributed by atoms with Crippen LogP contribution in [-0.4, -0.2) is 25.8 Å². The third-order valence-corrected chi connectivity index (χ3v) is 3.82. The van der Waals surface area contributed by atoms with Crippen LogP contribution in [0.15, 0.2) is 51.6 Å². The smallest absolute Gasteiger partial charge is 0.414 e. The molecule has 0 saturated carbocycles. The number of esters is 1. The zero-order valence-electron chi connectivity index (χ0n) is 13.9. The molecule has 0 aliphatic carbocycles. The fourth-order valence-electron chi connectivity index (χ4n) is 2.17. The zero-order chi connectivity index (χ0) is 18.2. The number of methoxy groups -OCH3 is 1. The first-order valence-corrected chi connectivity index (χ1v) is 8.37. The van der Waals surface area contributed by atoms with Gasteiger partial charge in [0.2, 0.25) is 0 Å². The van der Waals surface area contributed by atoms with Crippen molar-refractivity contribution in [3.05, 3.63) is 58.5 Å². The first kappa shape index (κ1) is 18.8. The van der Waals surface area contributed by atoms with E-state index in [1.165, 1.54) is 18.3 Å². The van der Waals surface area contributed by atoms with Crippen LogP contribution >= 0.6 is 15.9 Å². The molecule has 2 aromatic rings. The molecule has 0 aliphatic heterocycles. The lowest BCUT2D eigenvalue weighted by Crippen LogP contribution is -2.30. The Kier molecular flexibility index (Phi) is 6.82. The molecule has 6 nitrogen and oxygen atoms in total. The van der Waals surface area contributed by atoms with Crippen molar-refractivity contribution in [3.63, 3.8) is 0 Å². The van der Waals surface area contributed by atoms with Gasteiger partial charge in [0.1, 0.15) is 10.2 Å². The van der Waals surface area contributed by atoms with Crippen LogP contribution in [0.4, 0.5) is 10.5 Å². The van der Waals surface area contributed by atoms with Gasteiger partial charge >= 0.3 is 12.1 Å². The fraction of sp³-hybridized carbons (Fsp3) is 0.222. The third-order valence-electron chi connectivity index (χ3n) is 3.27. The molecule has 132 valence electrons. The average Bonchev–Trinajstić information content (AvgIpc) is 3.13. The van der Waals surface area contributed by atoms with Crippen molar-refractivity contribution < 1.29 is 23.5 Å². The summed E-state index contributed by atoms with van der Waals surface area (Å²) in [6.07, 6.45) is 2.60. The molecule has 0 N–H and O–H groups in total. The van der Waals surface area contributed by atoms with Gasteiger partial charge in [-0.1, -0.05) is 18.2 Å². The molecule has 1 amide bonds. The highest BCUT2D eigenvalue weighted by Crippen LogP contribution is 2.27. The Bertz CT molecular complexity index is 755. The predicted octanol–water partition coefficient (Wildman–Crippen LogP) is 4.35. The summed E-state index contributed by atoms with van der Waals surface area (Å²) in [4.78, 5) is 25.5. The number of para-hydroxylation sites is 1. The van der Waals surface area contributed by atoms with E-state index in [4.69, 9.17) is 13.9 Å². The summed E-state index contributed by atoms with van der Waals surface area (Å²) in [5.41, 5.74) is 1.23. The minimum absolute atomic E-state index is 0.196. The second kappa shape index (κ2) is 9.08. The molecular weight excluding hydrogens is 390 g/mol. The molecular formula is C18H18BrNO5. The monoisotopic (exact) mass is 407 g/mol. The second-order valence-corrected chi connectivity index (χ2v) is 5.76. The average molecular weight is 408 g/mol. The Morgan fingerprint density at radius 3 is 2.64 bits per heavy atom. The predicted molar refractivity (Wildman–Crippen MR) is 97.3 cm³/mol. The second-order valence-electron chi connectivity index (χ2n) is 4.91. The summed E-state index contributed by atoms with van der Waals surface area (Å²) in [6.45, 7) is 2.20. The SMILES string of the molecule is CCOC(=O)/C(Br)=C/c1ccccc1N(Cc1ccco1)C(=O)OC. The molecule has 0 bridgehead atoms. The van der Waals surface area contributed by atoms with Gasteiger partial charge in [-0.2, -0.15) is 0 Å². The highest BCUT2D eigenvalue weighted by molar-refractivity contribution is 9.12. The van der Waals surface area contributed by atoms with Crippen LogP contribution in [0.3, 0.4) is 0 Å². The lowest BCUT2D eigenvalue weighted by atomic mass is 10.1. The molecule has 2 rings (SSSR count). The quantitative estimate of drug-likeness (QED) is 0.525. The number of nitrogens with zero attached hydrogens (tertiary/aromatic N) is 1. The molecule has 0 atom stereocenters. The number of hydrogen-bond donors (Lipinski definition) is 0. The molecule has 0 aliphatic rings. The van der Waals surface area contributed by atoms with Gasteiger partial charge in [-0.15, -0.1) is 0 Å². The normalized spacial score (nSPS) is 11.1. The maximum Gasteiger partial charge on any atom is 0.414 e. The number of amides is 1. The van der Waals surface area contributed by atoms with Gasteiger partial charge in [0.05, 0.1) is 32.2 Å². The highest BCUT2D eigenvalue weighted by atomic mass is 79.9. The van der Waals surface area contributed by atoms with Gasteiger partial charge in [-0.3, -0.25) is 4.90 Å². The summed E-state index contributed by atoms with van der Waals surface area (Å²) >= 11 is 3.21. The van der Waals surface area contributed by atoms with Crippen molar-refractivity contribution >= 4 is 39.8 Å². The molecule has 1 aromatic heterocycles. The first-order valence-electron chi connectivity index (χ1n) is 7.58. The van der Waals surface area contributed by atoms with Crippen molar-refractivity contribution in [2.75, 3.05) is 18.6 Å². The minimum atomic E-state index is -0.537. The van der Waals surface area contributed by atoms with E-state index in [0.29, 0.717) is 17.0 Å². The Morgan fingerprint density at radius 2 is 2.00 bits per heavy atom. The van der Waals surface area contributed by atoms with Crippen molar-refractivity contribution in [2.24, 2.45) is 0 Å². The number of hydrogen-bond acceptors (Lipinski definition) is 5. The van der Waals surface area contributed by atoms with Crippen LogP contribution < -0.4 is 4.90 Å². The summed E-state index contributed by atoms with van der Waals surface area (Å²) in [5.74, 6) is 0.126. The largest absolute Gasteiger partial charge is 0.467 e. The van der Waals surface area contributed by atoms with Crippen molar-refractivity contribution in [1.29, 1.82) is 0 Å². The Morgan fingerprint density at radius 1 is 1.24 bits per heavy atom. The van der Waals surface area contributed by atoms with Gasteiger partial charge in [0, 0.05) is 0 Å². The van der Waals surface area contributed by atoms with E-state index < -0.39 is 12.1 Å². The van der Waals surface area contributed by atoms with E-state index in [1.54, 1.807) is 43.3 Å². The first-order chi connectivity index (χ1) is 12.1. The maximum absolute atomic E-state index is 12.3. The van der Waals surface area contributed by atoms with E-state index in [1.807, 2.05) is 6.07 Å². The summed E-state index contributed by atoms with van der Waals surface area (Å²) in [6, 6.07) is 10.7. The van der Waals surface area contributed by atoms with Crippen LogP contribution in [-0.2, 0) is 20.8 Å². The van der Waals surface area contributed by atoms with E-state index in [0.717, 1.165) is 0 Å². The molecule has 0 saturated heterocycles. The molecule has 0 radical (unpaired) electrons. The van der Waals surface area contributed by atoms with E-state index in [2.05, 4.69) is 15.9 Å². The van der Waals surface area contributed by atoms with E-state index in [-0.39, 0.29) is 17.6 Å². The summed E-state index contributed by atoms with van der Waals surface area (Å²) in [7, 11) is 1.31. The molecule has 1 heterocycles. The van der Waals surface area contributed by atoms with Crippen LogP contribution in [0.2, 0.25) is 0 Å². The Hall–Kier alpha value is -2.54.